The molecule has 0 bridgehead atoms. The van der Waals surface area contributed by atoms with Crippen molar-refractivity contribution in [1.82, 2.24) is 14.2 Å². The van der Waals surface area contributed by atoms with Gasteiger partial charge in [-0.25, -0.2) is 9.34 Å². The molecule has 0 unspecified atom stereocenters. The summed E-state index contributed by atoms with van der Waals surface area (Å²) in [6, 6.07) is 12.2. The van der Waals surface area contributed by atoms with Gasteiger partial charge in [0.15, 0.2) is 7.36 Å². The molecule has 1 aromatic carbocycles. The largest absolute Gasteiger partial charge is 0.379 e. The molecule has 0 spiro atoms. The van der Waals surface area contributed by atoms with Gasteiger partial charge in [0.2, 0.25) is 0 Å². The lowest BCUT2D eigenvalue weighted by atomic mass is 10.3. The van der Waals surface area contributed by atoms with Gasteiger partial charge in [-0.1, -0.05) is 18.2 Å². The van der Waals surface area contributed by atoms with E-state index in [-0.39, 0.29) is 0 Å². The topological polar surface area (TPSA) is 89.0 Å². The summed E-state index contributed by atoms with van der Waals surface area (Å²) in [6.45, 7) is 9.40. The van der Waals surface area contributed by atoms with Crippen molar-refractivity contribution in [2.75, 3.05) is 65.7 Å². The van der Waals surface area contributed by atoms with Crippen molar-refractivity contribution < 1.29 is 9.47 Å². The van der Waals surface area contributed by atoms with E-state index in [1.165, 1.54) is 0 Å². The average molecular weight is 458 g/mol. The quantitative estimate of drug-likeness (QED) is 0.275. The zero-order chi connectivity index (χ0) is 22.2. The molecule has 0 N–H and O–H groups in total. The predicted molar refractivity (Wildman–Crippen MR) is 124 cm³/mol. The minimum absolute atomic E-state index is 0.624. The summed E-state index contributed by atoms with van der Waals surface area (Å²) in [7, 11) is -2.65. The number of morpholine rings is 2. The van der Waals surface area contributed by atoms with Crippen LogP contribution in [0.5, 0.6) is 0 Å². The van der Waals surface area contributed by atoms with Crippen molar-refractivity contribution in [3.63, 3.8) is 0 Å². The van der Waals surface area contributed by atoms with Gasteiger partial charge in [-0.05, 0) is 37.1 Å². The molecule has 3 heterocycles. The van der Waals surface area contributed by atoms with Crippen LogP contribution >= 0.6 is 7.36 Å². The lowest BCUT2D eigenvalue weighted by Crippen LogP contribution is -2.44. The van der Waals surface area contributed by atoms with Crippen LogP contribution in [-0.2, 0) is 9.47 Å². The van der Waals surface area contributed by atoms with Crippen LogP contribution in [0.4, 0.5) is 5.69 Å². The Kier molecular flexibility index (Phi) is 8.06. The van der Waals surface area contributed by atoms with Gasteiger partial charge in [0.05, 0.1) is 32.1 Å². The first-order valence-corrected chi connectivity index (χ1v) is 13.0. The maximum absolute atomic E-state index is 10.5. The second kappa shape index (κ2) is 11.2. The van der Waals surface area contributed by atoms with Gasteiger partial charge in [0.25, 0.3) is 0 Å². The third kappa shape index (κ3) is 4.95. The number of ether oxygens (including phenoxy) is 2. The third-order valence-electron chi connectivity index (χ3n) is 6.17. The molecule has 9 nitrogen and oxygen atoms in total. The maximum Gasteiger partial charge on any atom is 0.168 e. The minimum atomic E-state index is -2.65. The summed E-state index contributed by atoms with van der Waals surface area (Å²) in [5.41, 5.74) is 1.77. The van der Waals surface area contributed by atoms with E-state index in [1.807, 2.05) is 30.3 Å². The zero-order valence-electron chi connectivity index (χ0n) is 18.8. The average Bonchev–Trinajstić information content (AvgIpc) is 3.40. The first-order valence-electron chi connectivity index (χ1n) is 11.4. The SMILES string of the molecule is C/C(=C(/C#N)P(=NN=Nc1ccccc1)(N1CCOCC1)N1CCOCC1)N1CCCC1. The summed E-state index contributed by atoms with van der Waals surface area (Å²) < 4.78 is 16.0. The number of benzene rings is 1. The molecule has 3 aliphatic heterocycles. The van der Waals surface area contributed by atoms with E-state index < -0.39 is 7.36 Å². The molecular formula is C22H32N7O2P. The lowest BCUT2D eigenvalue weighted by Gasteiger charge is -2.45. The molecule has 4 rings (SSSR count). The first kappa shape index (κ1) is 23.1. The van der Waals surface area contributed by atoms with E-state index >= 15 is 0 Å². The van der Waals surface area contributed by atoms with Gasteiger partial charge >= 0.3 is 0 Å². The molecule has 0 amide bonds. The van der Waals surface area contributed by atoms with Gasteiger partial charge in [-0.3, -0.25) is 0 Å². The van der Waals surface area contributed by atoms with Gasteiger partial charge in [-0.15, -0.1) is 9.97 Å². The Morgan fingerprint density at radius 3 is 2.00 bits per heavy atom. The number of hydrogen-bond donors (Lipinski definition) is 0. The minimum Gasteiger partial charge on any atom is -0.379 e. The number of nitriles is 1. The fraction of sp³-hybridized carbons (Fsp3) is 0.591. The third-order valence-corrected chi connectivity index (χ3v) is 9.90. The lowest BCUT2D eigenvalue weighted by molar-refractivity contribution is 0.0573. The molecule has 3 fully saturated rings. The Morgan fingerprint density at radius 2 is 1.47 bits per heavy atom. The van der Waals surface area contributed by atoms with E-state index in [1.54, 1.807) is 0 Å². The van der Waals surface area contributed by atoms with Crippen molar-refractivity contribution in [2.45, 2.75) is 19.8 Å². The van der Waals surface area contributed by atoms with Crippen LogP contribution in [-0.4, -0.2) is 79.9 Å². The van der Waals surface area contributed by atoms with E-state index in [0.717, 1.165) is 42.6 Å². The fourth-order valence-corrected chi connectivity index (χ4v) is 8.02. The van der Waals surface area contributed by atoms with Crippen LogP contribution in [0.15, 0.2) is 56.5 Å². The second-order valence-electron chi connectivity index (χ2n) is 8.05. The predicted octanol–water partition coefficient (Wildman–Crippen LogP) is 4.23. The van der Waals surface area contributed by atoms with Crippen molar-refractivity contribution in [3.8, 4) is 6.07 Å². The van der Waals surface area contributed by atoms with E-state index in [2.05, 4.69) is 37.6 Å². The normalized spacial score (nSPS) is 22.1. The molecule has 3 aliphatic rings. The van der Waals surface area contributed by atoms with Gasteiger partial charge in [0.1, 0.15) is 11.4 Å². The fourth-order valence-electron chi connectivity index (χ4n) is 4.47. The molecular weight excluding hydrogens is 425 g/mol. The molecule has 1 aromatic rings. The van der Waals surface area contributed by atoms with Crippen LogP contribution in [0, 0.1) is 11.3 Å². The van der Waals surface area contributed by atoms with Crippen molar-refractivity contribution in [2.24, 2.45) is 15.2 Å². The highest BCUT2D eigenvalue weighted by atomic mass is 31.2. The molecule has 0 aliphatic carbocycles. The Balaban J connectivity index is 1.86. The highest BCUT2D eigenvalue weighted by Crippen LogP contribution is 2.64. The van der Waals surface area contributed by atoms with Crippen LogP contribution in [0.1, 0.15) is 19.8 Å². The maximum atomic E-state index is 10.5. The number of hydrogen-bond acceptors (Lipinski definition) is 5. The summed E-state index contributed by atoms with van der Waals surface area (Å²) in [6.07, 6.45) is 2.31. The van der Waals surface area contributed by atoms with Crippen molar-refractivity contribution >= 4 is 13.0 Å². The number of allylic oxidation sites excluding steroid dienone is 2. The summed E-state index contributed by atoms with van der Waals surface area (Å²) >= 11 is 0. The second-order valence-corrected chi connectivity index (χ2v) is 10.9. The molecule has 0 aromatic heterocycles. The molecule has 172 valence electrons. The number of rotatable bonds is 6. The van der Waals surface area contributed by atoms with Crippen molar-refractivity contribution in [3.05, 3.63) is 41.3 Å². The summed E-state index contributed by atoms with van der Waals surface area (Å²) in [4.78, 5) is 7.30. The van der Waals surface area contributed by atoms with Gasteiger partial charge < -0.3 is 14.4 Å². The summed E-state index contributed by atoms with van der Waals surface area (Å²) in [5, 5.41) is 20.0. The standard InChI is InChI=1S/C22H32N7O2P/c1-20(27-9-5-6-10-27)22(19-23)32(28-11-15-30-16-12-28,29-13-17-31-18-14-29)26-25-24-21-7-3-2-4-8-21/h2-4,7-8H,5-6,9-18H2,1H3/b22-20+,25-24?. The number of likely N-dealkylation sites (tertiary alicyclic amines) is 1. The summed E-state index contributed by atoms with van der Waals surface area (Å²) in [5.74, 6) is 0. The van der Waals surface area contributed by atoms with Crippen LogP contribution in [0.3, 0.4) is 0 Å². The molecule has 32 heavy (non-hydrogen) atoms. The monoisotopic (exact) mass is 457 g/mol. The zero-order valence-corrected chi connectivity index (χ0v) is 19.7. The Bertz CT molecular complexity index is 888. The van der Waals surface area contributed by atoms with E-state index in [4.69, 9.17) is 14.3 Å². The Morgan fingerprint density at radius 1 is 0.906 bits per heavy atom. The van der Waals surface area contributed by atoms with Gasteiger partial charge in [-0.2, -0.15) is 5.26 Å². The van der Waals surface area contributed by atoms with Crippen LogP contribution < -0.4 is 0 Å². The van der Waals surface area contributed by atoms with E-state index in [0.29, 0.717) is 52.6 Å². The molecule has 0 radical (unpaired) electrons. The molecule has 0 atom stereocenters. The van der Waals surface area contributed by atoms with E-state index in [9.17, 15) is 5.26 Å². The molecule has 10 heteroatoms. The molecule has 3 saturated heterocycles. The molecule has 0 saturated carbocycles. The smallest absolute Gasteiger partial charge is 0.168 e. The van der Waals surface area contributed by atoms with Crippen LogP contribution in [0.2, 0.25) is 0 Å². The highest BCUT2D eigenvalue weighted by molar-refractivity contribution is 7.66. The Labute approximate surface area is 190 Å². The van der Waals surface area contributed by atoms with Crippen molar-refractivity contribution in [1.29, 1.82) is 5.26 Å². The van der Waals surface area contributed by atoms with Crippen LogP contribution in [0.25, 0.3) is 0 Å². The number of nitrogens with zero attached hydrogens (tertiary/aromatic N) is 7. The first-order chi connectivity index (χ1) is 15.8. The Hall–Kier alpha value is -2.08. The van der Waals surface area contributed by atoms with Gasteiger partial charge in [0, 0.05) is 45.0 Å². The highest BCUT2D eigenvalue weighted by Gasteiger charge is 2.42.